The Bertz CT molecular complexity index is 574. The molecule has 16 heavy (non-hydrogen) atoms. The van der Waals surface area contributed by atoms with Crippen molar-refractivity contribution in [1.29, 1.82) is 0 Å². The lowest BCUT2D eigenvalue weighted by molar-refractivity contribution is 0.0687. The van der Waals surface area contributed by atoms with Crippen molar-refractivity contribution in [2.24, 2.45) is 7.05 Å². The Morgan fingerprint density at radius 2 is 2.12 bits per heavy atom. The fourth-order valence-corrected chi connectivity index (χ4v) is 1.94. The lowest BCUT2D eigenvalue weighted by Gasteiger charge is -2.03. The van der Waals surface area contributed by atoms with Crippen molar-refractivity contribution < 1.29 is 14.6 Å². The maximum absolute atomic E-state index is 11.0. The molecule has 0 aliphatic carbocycles. The molecule has 0 saturated heterocycles. The molecule has 1 aromatic carbocycles. The summed E-state index contributed by atoms with van der Waals surface area (Å²) in [6.45, 7) is 0. The number of aromatic carboxylic acids is 1. The number of hydrogen-bond donors (Lipinski definition) is 1. The largest absolute Gasteiger partial charge is 0.497 e. The third-order valence-corrected chi connectivity index (χ3v) is 2.85. The van der Waals surface area contributed by atoms with Gasteiger partial charge in [0.1, 0.15) is 11.4 Å². The summed E-state index contributed by atoms with van der Waals surface area (Å²) in [4.78, 5) is 11.0. The number of ether oxygens (including phenoxy) is 1. The van der Waals surface area contributed by atoms with E-state index in [2.05, 4.69) is 0 Å². The van der Waals surface area contributed by atoms with E-state index in [0.29, 0.717) is 16.2 Å². The number of carbonyl (C=O) groups is 1. The minimum atomic E-state index is -0.978. The second-order valence-electron chi connectivity index (χ2n) is 3.44. The van der Waals surface area contributed by atoms with Gasteiger partial charge in [-0.25, -0.2) is 4.79 Å². The Hall–Kier alpha value is -1.68. The van der Waals surface area contributed by atoms with Gasteiger partial charge in [-0.05, 0) is 12.1 Å². The highest BCUT2D eigenvalue weighted by Crippen LogP contribution is 2.31. The van der Waals surface area contributed by atoms with Crippen molar-refractivity contribution >= 4 is 28.5 Å². The second-order valence-corrected chi connectivity index (χ2v) is 3.84. The number of carboxylic acid groups (broad SMARTS) is 1. The number of methoxy groups -OCH3 is 1. The SMILES string of the molecule is COc1cc(Cl)c2cc(C(=O)O)n(C)c2c1. The van der Waals surface area contributed by atoms with E-state index >= 15 is 0 Å². The van der Waals surface area contributed by atoms with Crippen LogP contribution in [0.1, 0.15) is 10.5 Å². The average molecular weight is 240 g/mol. The van der Waals surface area contributed by atoms with E-state index in [1.54, 1.807) is 36.9 Å². The van der Waals surface area contributed by atoms with Crippen LogP contribution in [0.25, 0.3) is 10.9 Å². The number of fused-ring (bicyclic) bond motifs is 1. The van der Waals surface area contributed by atoms with Crippen molar-refractivity contribution in [3.05, 3.63) is 28.9 Å². The van der Waals surface area contributed by atoms with Crippen LogP contribution in [0.4, 0.5) is 0 Å². The van der Waals surface area contributed by atoms with Gasteiger partial charge in [0.2, 0.25) is 0 Å². The Kier molecular flexibility index (Phi) is 2.52. The number of aromatic nitrogens is 1. The molecule has 0 amide bonds. The number of carboxylic acids is 1. The minimum Gasteiger partial charge on any atom is -0.497 e. The summed E-state index contributed by atoms with van der Waals surface area (Å²) in [5.74, 6) is -0.371. The highest BCUT2D eigenvalue weighted by molar-refractivity contribution is 6.35. The summed E-state index contributed by atoms with van der Waals surface area (Å²) in [5, 5.41) is 10.2. The summed E-state index contributed by atoms with van der Waals surface area (Å²) < 4.78 is 6.66. The Labute approximate surface area is 97.0 Å². The average Bonchev–Trinajstić information content (AvgIpc) is 2.57. The van der Waals surface area contributed by atoms with E-state index in [1.165, 1.54) is 0 Å². The first kappa shape index (κ1) is 10.8. The zero-order valence-electron chi connectivity index (χ0n) is 8.82. The van der Waals surface area contributed by atoms with Crippen LogP contribution in [0.15, 0.2) is 18.2 Å². The van der Waals surface area contributed by atoms with Crippen molar-refractivity contribution in [3.8, 4) is 5.75 Å². The maximum Gasteiger partial charge on any atom is 0.352 e. The van der Waals surface area contributed by atoms with E-state index in [1.807, 2.05) is 0 Å². The first-order valence-corrected chi connectivity index (χ1v) is 4.98. The molecule has 5 heteroatoms. The Balaban J connectivity index is 2.81. The molecule has 0 aliphatic rings. The summed E-state index contributed by atoms with van der Waals surface area (Å²) in [5.41, 5.74) is 0.937. The molecule has 0 atom stereocenters. The zero-order chi connectivity index (χ0) is 11.9. The predicted octanol–water partition coefficient (Wildman–Crippen LogP) is 2.54. The molecule has 0 unspecified atom stereocenters. The van der Waals surface area contributed by atoms with Crippen LogP contribution in [0.3, 0.4) is 0 Å². The van der Waals surface area contributed by atoms with Crippen LogP contribution in [0.5, 0.6) is 5.75 Å². The van der Waals surface area contributed by atoms with Crippen molar-refractivity contribution in [2.75, 3.05) is 7.11 Å². The molecule has 84 valence electrons. The smallest absolute Gasteiger partial charge is 0.352 e. The third kappa shape index (κ3) is 1.51. The molecule has 1 heterocycles. The highest BCUT2D eigenvalue weighted by Gasteiger charge is 2.14. The van der Waals surface area contributed by atoms with E-state index in [4.69, 9.17) is 21.4 Å². The molecular formula is C11H10ClNO3. The first-order chi connectivity index (χ1) is 7.54. The summed E-state index contributed by atoms with van der Waals surface area (Å²) in [7, 11) is 3.22. The van der Waals surface area contributed by atoms with E-state index < -0.39 is 5.97 Å². The van der Waals surface area contributed by atoms with Gasteiger partial charge in [0.25, 0.3) is 0 Å². The number of halogens is 1. The van der Waals surface area contributed by atoms with Gasteiger partial charge >= 0.3 is 5.97 Å². The number of aryl methyl sites for hydroxylation is 1. The maximum atomic E-state index is 11.0. The molecule has 0 fully saturated rings. The predicted molar refractivity (Wildman–Crippen MR) is 61.4 cm³/mol. The molecule has 0 saturated carbocycles. The van der Waals surface area contributed by atoms with E-state index in [-0.39, 0.29) is 5.69 Å². The lowest BCUT2D eigenvalue weighted by atomic mass is 10.2. The van der Waals surface area contributed by atoms with Gasteiger partial charge in [0.05, 0.1) is 17.6 Å². The fraction of sp³-hybridized carbons (Fsp3) is 0.182. The molecule has 1 aromatic heterocycles. The Morgan fingerprint density at radius 3 is 2.69 bits per heavy atom. The number of rotatable bonds is 2. The molecule has 0 radical (unpaired) electrons. The van der Waals surface area contributed by atoms with Gasteiger partial charge in [0.15, 0.2) is 0 Å². The highest BCUT2D eigenvalue weighted by atomic mass is 35.5. The monoisotopic (exact) mass is 239 g/mol. The van der Waals surface area contributed by atoms with Gasteiger partial charge in [-0.1, -0.05) is 11.6 Å². The second kappa shape index (κ2) is 3.72. The topological polar surface area (TPSA) is 51.5 Å². The van der Waals surface area contributed by atoms with Gasteiger partial charge in [-0.2, -0.15) is 0 Å². The lowest BCUT2D eigenvalue weighted by Crippen LogP contribution is -2.03. The van der Waals surface area contributed by atoms with Crippen LogP contribution in [0, 0.1) is 0 Å². The molecule has 2 rings (SSSR count). The van der Waals surface area contributed by atoms with Crippen molar-refractivity contribution in [1.82, 2.24) is 4.57 Å². The van der Waals surface area contributed by atoms with Gasteiger partial charge in [-0.15, -0.1) is 0 Å². The number of benzene rings is 1. The molecule has 4 nitrogen and oxygen atoms in total. The number of hydrogen-bond acceptors (Lipinski definition) is 2. The summed E-state index contributed by atoms with van der Waals surface area (Å²) >= 11 is 6.04. The molecule has 0 spiro atoms. The standard InChI is InChI=1S/C11H10ClNO3/c1-13-9-4-6(16-2)3-8(12)7(9)5-10(13)11(14)15/h3-5H,1-2H3,(H,14,15). The zero-order valence-corrected chi connectivity index (χ0v) is 9.58. The molecule has 0 aliphatic heterocycles. The van der Waals surface area contributed by atoms with E-state index in [0.717, 1.165) is 5.52 Å². The third-order valence-electron chi connectivity index (χ3n) is 2.54. The van der Waals surface area contributed by atoms with Crippen molar-refractivity contribution in [3.63, 3.8) is 0 Å². The van der Waals surface area contributed by atoms with Gasteiger partial charge in [0, 0.05) is 18.5 Å². The normalized spacial score (nSPS) is 10.7. The fourth-order valence-electron chi connectivity index (χ4n) is 1.69. The van der Waals surface area contributed by atoms with Crippen molar-refractivity contribution in [2.45, 2.75) is 0 Å². The molecule has 0 bridgehead atoms. The van der Waals surface area contributed by atoms with Crippen LogP contribution in [-0.4, -0.2) is 22.8 Å². The first-order valence-electron chi connectivity index (χ1n) is 4.61. The summed E-state index contributed by atoms with van der Waals surface area (Å²) in [6, 6.07) is 4.97. The van der Waals surface area contributed by atoms with Crippen LogP contribution in [0.2, 0.25) is 5.02 Å². The van der Waals surface area contributed by atoms with E-state index in [9.17, 15) is 4.79 Å². The van der Waals surface area contributed by atoms with Crippen LogP contribution in [-0.2, 0) is 7.05 Å². The summed E-state index contributed by atoms with van der Waals surface area (Å²) in [6.07, 6.45) is 0. The van der Waals surface area contributed by atoms with Crippen LogP contribution >= 0.6 is 11.6 Å². The van der Waals surface area contributed by atoms with Gasteiger partial charge in [-0.3, -0.25) is 0 Å². The van der Waals surface area contributed by atoms with Crippen LogP contribution < -0.4 is 4.74 Å². The van der Waals surface area contributed by atoms with Gasteiger partial charge < -0.3 is 14.4 Å². The molecule has 1 N–H and O–H groups in total. The molecule has 2 aromatic rings. The Morgan fingerprint density at radius 1 is 1.44 bits per heavy atom. The molecular weight excluding hydrogens is 230 g/mol. The minimum absolute atomic E-state index is 0.199. The number of nitrogens with zero attached hydrogens (tertiary/aromatic N) is 1. The quantitative estimate of drug-likeness (QED) is 0.876.